The maximum atomic E-state index is 12.1. The van der Waals surface area contributed by atoms with Gasteiger partial charge in [-0.15, -0.1) is 0 Å². The number of rotatable bonds is 3. The largest absolute Gasteiger partial charge is 0.330 e. The summed E-state index contributed by atoms with van der Waals surface area (Å²) < 4.78 is 1.62. The highest BCUT2D eigenvalue weighted by molar-refractivity contribution is 5.76. The zero-order chi connectivity index (χ0) is 11.5. The summed E-state index contributed by atoms with van der Waals surface area (Å²) in [5, 5.41) is 0.661. The lowest BCUT2D eigenvalue weighted by Gasteiger charge is -2.10. The zero-order valence-electron chi connectivity index (χ0n) is 9.26. The summed E-state index contributed by atoms with van der Waals surface area (Å²) in [6.45, 7) is 3.20. The first-order chi connectivity index (χ1) is 7.72. The normalized spacial score (nSPS) is 12.9. The van der Waals surface area contributed by atoms with Gasteiger partial charge in [-0.25, -0.2) is 4.98 Å². The monoisotopic (exact) mass is 217 g/mol. The van der Waals surface area contributed by atoms with Crippen molar-refractivity contribution in [3.8, 4) is 0 Å². The van der Waals surface area contributed by atoms with E-state index in [0.717, 1.165) is 5.52 Å². The molecular formula is C12H15N3O. The molecule has 2 rings (SSSR count). The van der Waals surface area contributed by atoms with Crippen LogP contribution in [0.5, 0.6) is 0 Å². The smallest absolute Gasteiger partial charge is 0.261 e. The Hall–Kier alpha value is -1.68. The maximum absolute atomic E-state index is 12.1. The summed E-state index contributed by atoms with van der Waals surface area (Å²) in [6, 6.07) is 7.37. The van der Waals surface area contributed by atoms with E-state index in [-0.39, 0.29) is 11.5 Å². The predicted molar refractivity (Wildman–Crippen MR) is 64.2 cm³/mol. The van der Waals surface area contributed by atoms with E-state index in [0.29, 0.717) is 18.5 Å². The van der Waals surface area contributed by atoms with E-state index in [1.54, 1.807) is 17.0 Å². The molecule has 84 valence electrons. The van der Waals surface area contributed by atoms with Crippen molar-refractivity contribution in [1.29, 1.82) is 0 Å². The van der Waals surface area contributed by atoms with E-state index >= 15 is 0 Å². The minimum Gasteiger partial charge on any atom is -0.330 e. The van der Waals surface area contributed by atoms with Gasteiger partial charge < -0.3 is 5.73 Å². The highest BCUT2D eigenvalue weighted by atomic mass is 16.1. The number of nitrogens with two attached hydrogens (primary N) is 1. The van der Waals surface area contributed by atoms with Crippen molar-refractivity contribution in [3.05, 3.63) is 40.9 Å². The summed E-state index contributed by atoms with van der Waals surface area (Å²) in [4.78, 5) is 16.3. The molecule has 2 N–H and O–H groups in total. The fourth-order valence-electron chi connectivity index (χ4n) is 1.65. The topological polar surface area (TPSA) is 60.9 Å². The molecule has 1 heterocycles. The molecule has 0 amide bonds. The van der Waals surface area contributed by atoms with Gasteiger partial charge in [0.05, 0.1) is 17.2 Å². The van der Waals surface area contributed by atoms with Gasteiger partial charge in [0, 0.05) is 6.54 Å². The predicted octanol–water partition coefficient (Wildman–Crippen LogP) is 0.991. The lowest BCUT2D eigenvalue weighted by Crippen LogP contribution is -2.26. The van der Waals surface area contributed by atoms with Gasteiger partial charge in [-0.1, -0.05) is 19.1 Å². The minimum atomic E-state index is 0.00546. The molecule has 0 aliphatic rings. The van der Waals surface area contributed by atoms with Crippen LogP contribution in [-0.2, 0) is 6.54 Å². The number of hydrogen-bond donors (Lipinski definition) is 1. The van der Waals surface area contributed by atoms with Crippen LogP contribution >= 0.6 is 0 Å². The first kappa shape index (κ1) is 10.8. The van der Waals surface area contributed by atoms with Crippen molar-refractivity contribution in [2.24, 2.45) is 11.7 Å². The molecule has 0 saturated heterocycles. The van der Waals surface area contributed by atoms with Gasteiger partial charge in [0.1, 0.15) is 0 Å². The van der Waals surface area contributed by atoms with Crippen molar-refractivity contribution in [2.75, 3.05) is 6.54 Å². The molecule has 1 aromatic carbocycles. The Morgan fingerprint density at radius 3 is 2.94 bits per heavy atom. The molecule has 1 aromatic heterocycles. The molecule has 0 radical (unpaired) electrons. The molecule has 2 aromatic rings. The summed E-state index contributed by atoms with van der Waals surface area (Å²) in [6.07, 6.45) is 1.59. The van der Waals surface area contributed by atoms with Crippen LogP contribution < -0.4 is 11.3 Å². The molecule has 0 saturated carbocycles. The van der Waals surface area contributed by atoms with E-state index in [9.17, 15) is 4.79 Å². The lowest BCUT2D eigenvalue weighted by atomic mass is 10.2. The van der Waals surface area contributed by atoms with Crippen LogP contribution in [0.1, 0.15) is 6.92 Å². The van der Waals surface area contributed by atoms with E-state index in [4.69, 9.17) is 5.73 Å². The number of hydrogen-bond acceptors (Lipinski definition) is 3. The third kappa shape index (κ3) is 1.97. The fourth-order valence-corrected chi connectivity index (χ4v) is 1.65. The van der Waals surface area contributed by atoms with Gasteiger partial charge in [0.15, 0.2) is 0 Å². The van der Waals surface area contributed by atoms with Gasteiger partial charge in [0.25, 0.3) is 5.56 Å². The van der Waals surface area contributed by atoms with Gasteiger partial charge in [0.2, 0.25) is 0 Å². The van der Waals surface area contributed by atoms with Crippen LogP contribution in [0.15, 0.2) is 35.4 Å². The fraction of sp³-hybridized carbons (Fsp3) is 0.333. The summed E-state index contributed by atoms with van der Waals surface area (Å²) in [5.41, 5.74) is 6.29. The molecule has 0 aliphatic carbocycles. The maximum Gasteiger partial charge on any atom is 0.261 e. The Labute approximate surface area is 93.7 Å². The van der Waals surface area contributed by atoms with Crippen LogP contribution in [0, 0.1) is 5.92 Å². The number of aromatic nitrogens is 2. The summed E-state index contributed by atoms with van der Waals surface area (Å²) >= 11 is 0. The minimum absolute atomic E-state index is 0.00546. The van der Waals surface area contributed by atoms with Gasteiger partial charge in [-0.05, 0) is 24.6 Å². The third-order valence-electron chi connectivity index (χ3n) is 2.64. The number of para-hydroxylation sites is 1. The van der Waals surface area contributed by atoms with Crippen LogP contribution in [0.25, 0.3) is 10.9 Å². The number of nitrogens with zero attached hydrogens (tertiary/aromatic N) is 2. The van der Waals surface area contributed by atoms with Crippen molar-refractivity contribution in [3.63, 3.8) is 0 Å². The van der Waals surface area contributed by atoms with E-state index in [2.05, 4.69) is 4.98 Å². The second-order valence-corrected chi connectivity index (χ2v) is 4.06. The number of fused-ring (bicyclic) bond motifs is 1. The third-order valence-corrected chi connectivity index (χ3v) is 2.64. The molecule has 4 heteroatoms. The molecule has 1 unspecified atom stereocenters. The van der Waals surface area contributed by atoms with Crippen LogP contribution in [0.2, 0.25) is 0 Å². The Balaban J connectivity index is 2.49. The Bertz CT molecular complexity index is 547. The van der Waals surface area contributed by atoms with Gasteiger partial charge in [-0.2, -0.15) is 0 Å². The average molecular weight is 217 g/mol. The molecule has 4 nitrogen and oxygen atoms in total. The lowest BCUT2D eigenvalue weighted by molar-refractivity contribution is 0.480. The summed E-state index contributed by atoms with van der Waals surface area (Å²) in [7, 11) is 0. The van der Waals surface area contributed by atoms with Crippen molar-refractivity contribution in [1.82, 2.24) is 9.55 Å². The van der Waals surface area contributed by atoms with E-state index < -0.39 is 0 Å². The average Bonchev–Trinajstić information content (AvgIpc) is 2.33. The molecule has 1 atom stereocenters. The first-order valence-corrected chi connectivity index (χ1v) is 5.36. The van der Waals surface area contributed by atoms with Gasteiger partial charge >= 0.3 is 0 Å². The van der Waals surface area contributed by atoms with Crippen molar-refractivity contribution < 1.29 is 0 Å². The van der Waals surface area contributed by atoms with Crippen molar-refractivity contribution in [2.45, 2.75) is 13.5 Å². The second kappa shape index (κ2) is 4.45. The van der Waals surface area contributed by atoms with Gasteiger partial charge in [-0.3, -0.25) is 9.36 Å². The summed E-state index contributed by atoms with van der Waals surface area (Å²) in [5.74, 6) is 0.278. The highest BCUT2D eigenvalue weighted by Gasteiger charge is 2.05. The first-order valence-electron chi connectivity index (χ1n) is 5.36. The number of benzene rings is 1. The standard InChI is InChI=1S/C12H15N3O/c1-9(6-13)7-15-8-14-11-5-3-2-4-10(11)12(15)16/h2-5,8-9H,6-7,13H2,1H3. The SMILES string of the molecule is CC(CN)Cn1cnc2ccccc2c1=O. The van der Waals surface area contributed by atoms with E-state index in [1.165, 1.54) is 0 Å². The molecular weight excluding hydrogens is 202 g/mol. The quantitative estimate of drug-likeness (QED) is 0.834. The second-order valence-electron chi connectivity index (χ2n) is 4.06. The Morgan fingerprint density at radius 2 is 2.19 bits per heavy atom. The zero-order valence-corrected chi connectivity index (χ0v) is 9.26. The Kier molecular flexibility index (Phi) is 3.01. The molecule has 16 heavy (non-hydrogen) atoms. The van der Waals surface area contributed by atoms with Crippen LogP contribution in [0.4, 0.5) is 0 Å². The Morgan fingerprint density at radius 1 is 1.44 bits per heavy atom. The van der Waals surface area contributed by atoms with Crippen LogP contribution in [0.3, 0.4) is 0 Å². The van der Waals surface area contributed by atoms with Crippen molar-refractivity contribution >= 4 is 10.9 Å². The molecule has 0 fully saturated rings. The highest BCUT2D eigenvalue weighted by Crippen LogP contribution is 2.05. The molecule has 0 spiro atoms. The van der Waals surface area contributed by atoms with Crippen LogP contribution in [-0.4, -0.2) is 16.1 Å². The van der Waals surface area contributed by atoms with E-state index in [1.807, 2.05) is 25.1 Å². The molecule has 0 aliphatic heterocycles. The molecule has 0 bridgehead atoms.